The molecular weight excluding hydrogens is 334 g/mol. The molecule has 0 bridgehead atoms. The van der Waals surface area contributed by atoms with Crippen molar-refractivity contribution in [2.24, 2.45) is 0 Å². The second-order valence-corrected chi connectivity index (χ2v) is 6.14. The van der Waals surface area contributed by atoms with E-state index in [-0.39, 0.29) is 0 Å². The lowest BCUT2D eigenvalue weighted by atomic mass is 10.1. The number of rotatable bonds is 5. The van der Waals surface area contributed by atoms with Gasteiger partial charge in [0.15, 0.2) is 0 Å². The van der Waals surface area contributed by atoms with Crippen molar-refractivity contribution in [3.05, 3.63) is 97.0 Å². The fourth-order valence-corrected chi connectivity index (χ4v) is 3.08. The monoisotopic (exact) mass is 351 g/mol. The number of nitriles is 1. The van der Waals surface area contributed by atoms with Gasteiger partial charge in [-0.25, -0.2) is 0 Å². The quantitative estimate of drug-likeness (QED) is 0.451. The molecule has 130 valence electrons. The van der Waals surface area contributed by atoms with Gasteiger partial charge in [-0.1, -0.05) is 6.08 Å². The second kappa shape index (κ2) is 7.19. The lowest BCUT2D eigenvalue weighted by Crippen LogP contribution is -1.92. The highest BCUT2D eigenvalue weighted by Crippen LogP contribution is 2.27. The van der Waals surface area contributed by atoms with E-state index in [0.717, 1.165) is 23.4 Å². The number of aromatic nitrogens is 2. The van der Waals surface area contributed by atoms with Crippen LogP contribution in [0.3, 0.4) is 0 Å². The Morgan fingerprint density at radius 1 is 1.04 bits per heavy atom. The normalized spacial score (nSPS) is 10.5. The lowest BCUT2D eigenvalue weighted by Gasteiger charge is -2.08. The van der Waals surface area contributed by atoms with Crippen molar-refractivity contribution in [2.75, 3.05) is 0 Å². The van der Waals surface area contributed by atoms with E-state index >= 15 is 0 Å². The summed E-state index contributed by atoms with van der Waals surface area (Å²) in [4.78, 5) is 4.27. The average molecular weight is 351 g/mol. The lowest BCUT2D eigenvalue weighted by molar-refractivity contribution is 0.482. The van der Waals surface area contributed by atoms with Crippen LogP contribution < -0.4 is 4.74 Å². The fraction of sp³-hybridized carbons (Fsp3) is 0.0435. The second-order valence-electron chi connectivity index (χ2n) is 6.14. The maximum absolute atomic E-state index is 8.86. The van der Waals surface area contributed by atoms with Crippen LogP contribution in [0.5, 0.6) is 11.5 Å². The molecule has 2 heterocycles. The minimum atomic E-state index is 0.612. The molecule has 0 aliphatic heterocycles. The van der Waals surface area contributed by atoms with Gasteiger partial charge in [-0.15, -0.1) is 6.58 Å². The Hall–Kier alpha value is -3.84. The van der Waals surface area contributed by atoms with Crippen molar-refractivity contribution in [3.8, 4) is 23.3 Å². The molecule has 0 spiro atoms. The first-order chi connectivity index (χ1) is 13.3. The minimum Gasteiger partial charge on any atom is -0.457 e. The van der Waals surface area contributed by atoms with E-state index in [1.165, 1.54) is 10.9 Å². The van der Waals surface area contributed by atoms with Gasteiger partial charge >= 0.3 is 0 Å². The number of hydrogen-bond acceptors (Lipinski definition) is 3. The molecule has 0 fully saturated rings. The van der Waals surface area contributed by atoms with E-state index in [2.05, 4.69) is 28.4 Å². The first-order valence-corrected chi connectivity index (χ1v) is 8.62. The highest BCUT2D eigenvalue weighted by atomic mass is 16.5. The van der Waals surface area contributed by atoms with E-state index in [4.69, 9.17) is 10.00 Å². The van der Waals surface area contributed by atoms with Gasteiger partial charge in [-0.3, -0.25) is 4.98 Å². The molecule has 27 heavy (non-hydrogen) atoms. The fourth-order valence-electron chi connectivity index (χ4n) is 3.08. The van der Waals surface area contributed by atoms with E-state index in [0.29, 0.717) is 11.3 Å². The largest absolute Gasteiger partial charge is 0.457 e. The van der Waals surface area contributed by atoms with Gasteiger partial charge in [-0.05, 0) is 66.6 Å². The van der Waals surface area contributed by atoms with Crippen molar-refractivity contribution in [3.63, 3.8) is 0 Å². The predicted molar refractivity (Wildman–Crippen MR) is 106 cm³/mol. The number of benzene rings is 2. The summed E-state index contributed by atoms with van der Waals surface area (Å²) in [5.41, 5.74) is 3.94. The van der Waals surface area contributed by atoms with E-state index in [9.17, 15) is 0 Å². The van der Waals surface area contributed by atoms with Crippen LogP contribution in [-0.4, -0.2) is 9.55 Å². The molecule has 0 radical (unpaired) electrons. The van der Waals surface area contributed by atoms with E-state index in [1.807, 2.05) is 48.8 Å². The number of hydrogen-bond donors (Lipinski definition) is 0. The highest BCUT2D eigenvalue weighted by Gasteiger charge is 2.09. The van der Waals surface area contributed by atoms with Crippen LogP contribution in [0.25, 0.3) is 16.6 Å². The van der Waals surface area contributed by atoms with Crippen LogP contribution in [0.15, 0.2) is 85.8 Å². The smallest absolute Gasteiger partial charge is 0.127 e. The molecule has 2 aromatic carbocycles. The van der Waals surface area contributed by atoms with Crippen LogP contribution in [-0.2, 0) is 6.42 Å². The summed E-state index contributed by atoms with van der Waals surface area (Å²) in [7, 11) is 0. The average Bonchev–Trinajstić information content (AvgIpc) is 3.08. The molecule has 0 saturated heterocycles. The van der Waals surface area contributed by atoms with E-state index < -0.39 is 0 Å². The summed E-state index contributed by atoms with van der Waals surface area (Å²) in [5, 5.41) is 10.0. The van der Waals surface area contributed by atoms with Crippen molar-refractivity contribution in [2.45, 2.75) is 6.42 Å². The van der Waals surface area contributed by atoms with Gasteiger partial charge in [-0.2, -0.15) is 5.26 Å². The Labute approximate surface area is 157 Å². The van der Waals surface area contributed by atoms with Crippen molar-refractivity contribution in [1.29, 1.82) is 5.26 Å². The van der Waals surface area contributed by atoms with E-state index in [1.54, 1.807) is 24.3 Å². The molecule has 4 aromatic rings. The molecule has 0 atom stereocenters. The zero-order valence-electron chi connectivity index (χ0n) is 14.7. The Balaban J connectivity index is 1.63. The first kappa shape index (κ1) is 16.6. The number of fused-ring (bicyclic) bond motifs is 1. The van der Waals surface area contributed by atoms with Crippen LogP contribution in [0.1, 0.15) is 11.1 Å². The van der Waals surface area contributed by atoms with Crippen molar-refractivity contribution >= 4 is 10.9 Å². The molecule has 4 rings (SSSR count). The maximum atomic E-state index is 8.86. The molecule has 0 amide bonds. The summed E-state index contributed by atoms with van der Waals surface area (Å²) >= 11 is 0. The minimum absolute atomic E-state index is 0.612. The van der Waals surface area contributed by atoms with Gasteiger partial charge in [0.2, 0.25) is 0 Å². The number of nitrogens with zero attached hydrogens (tertiary/aromatic N) is 3. The van der Waals surface area contributed by atoms with Gasteiger partial charge in [0.05, 0.1) is 23.3 Å². The van der Waals surface area contributed by atoms with Gasteiger partial charge in [0.1, 0.15) is 11.5 Å². The van der Waals surface area contributed by atoms with Crippen LogP contribution in [0.4, 0.5) is 0 Å². The zero-order valence-corrected chi connectivity index (χ0v) is 14.7. The topological polar surface area (TPSA) is 50.8 Å². The SMILES string of the molecule is C=CCc1cn(-c2ccc(Oc3ccc(C#N)cc3)cc2)c2cnccc12. The zero-order chi connectivity index (χ0) is 18.6. The predicted octanol–water partition coefficient (Wildman–Crippen LogP) is 5.42. The van der Waals surface area contributed by atoms with Gasteiger partial charge in [0.25, 0.3) is 0 Å². The summed E-state index contributed by atoms with van der Waals surface area (Å²) in [6.45, 7) is 3.85. The molecule has 4 heteroatoms. The Bertz CT molecular complexity index is 1130. The summed E-state index contributed by atoms with van der Waals surface area (Å²) in [6.07, 6.45) is 8.54. The first-order valence-electron chi connectivity index (χ1n) is 8.62. The number of ether oxygens (including phenoxy) is 1. The molecular formula is C23H17N3O. The molecule has 0 unspecified atom stereocenters. The maximum Gasteiger partial charge on any atom is 0.127 e. The van der Waals surface area contributed by atoms with Gasteiger partial charge < -0.3 is 9.30 Å². The van der Waals surface area contributed by atoms with Crippen molar-refractivity contribution < 1.29 is 4.74 Å². The Morgan fingerprint density at radius 3 is 2.41 bits per heavy atom. The Kier molecular flexibility index (Phi) is 4.42. The molecule has 0 aliphatic rings. The van der Waals surface area contributed by atoms with Gasteiger partial charge in [0, 0.05) is 23.5 Å². The number of allylic oxidation sites excluding steroid dienone is 1. The molecule has 2 aromatic heterocycles. The molecule has 0 aliphatic carbocycles. The number of pyridine rings is 1. The third-order valence-electron chi connectivity index (χ3n) is 4.39. The van der Waals surface area contributed by atoms with Crippen molar-refractivity contribution in [1.82, 2.24) is 9.55 Å². The summed E-state index contributed by atoms with van der Waals surface area (Å²) < 4.78 is 7.99. The summed E-state index contributed by atoms with van der Waals surface area (Å²) in [6, 6.07) is 19.1. The van der Waals surface area contributed by atoms with Crippen LogP contribution in [0, 0.1) is 11.3 Å². The molecule has 0 N–H and O–H groups in total. The summed E-state index contributed by atoms with van der Waals surface area (Å²) in [5.74, 6) is 1.44. The Morgan fingerprint density at radius 2 is 1.74 bits per heavy atom. The molecule has 4 nitrogen and oxygen atoms in total. The standard InChI is InChI=1S/C23H17N3O/c1-2-3-18-16-26(23-15-25-13-12-22(18)23)19-6-10-21(11-7-19)27-20-8-4-17(14-24)5-9-20/h2,4-13,15-16H,1,3H2. The highest BCUT2D eigenvalue weighted by molar-refractivity contribution is 5.85. The molecule has 0 saturated carbocycles. The third-order valence-corrected chi connectivity index (χ3v) is 4.39. The third kappa shape index (κ3) is 3.31. The van der Waals surface area contributed by atoms with Crippen LogP contribution >= 0.6 is 0 Å². The van der Waals surface area contributed by atoms with Crippen LogP contribution in [0.2, 0.25) is 0 Å².